The second-order valence-corrected chi connectivity index (χ2v) is 38.9. The molecule has 32 nitrogen and oxygen atoms in total. The van der Waals surface area contributed by atoms with Gasteiger partial charge in [-0.3, -0.25) is 44.1 Å². The predicted octanol–water partition coefficient (Wildman–Crippen LogP) is 23.3. The number of ketones is 1. The summed E-state index contributed by atoms with van der Waals surface area (Å²) in [5, 5.41) is 24.9. The number of nitrogen functional groups attached to an aromatic ring is 1. The van der Waals surface area contributed by atoms with Crippen molar-refractivity contribution in [3.8, 4) is 11.3 Å². The number of halogens is 8. The van der Waals surface area contributed by atoms with Crippen molar-refractivity contribution in [1.82, 2.24) is 86.1 Å². The summed E-state index contributed by atoms with van der Waals surface area (Å²) in [5.74, 6) is 0.289. The molecule has 758 valence electrons. The van der Waals surface area contributed by atoms with E-state index in [-0.39, 0.29) is 48.0 Å². The number of pyridine rings is 5. The molecule has 145 heavy (non-hydrogen) atoms. The average molecular weight is 2420 g/mol. The number of hydrogen-bond donors (Lipinski definition) is 6. The third-order valence-corrected chi connectivity index (χ3v) is 23.1. The van der Waals surface area contributed by atoms with Crippen molar-refractivity contribution >= 4 is 250 Å². The third kappa shape index (κ3) is 41.8. The number of para-hydroxylation sites is 6. The van der Waals surface area contributed by atoms with Crippen LogP contribution in [0.2, 0.25) is 15.5 Å². The maximum absolute atomic E-state index is 12.0. The quantitative estimate of drug-likeness (QED) is 0.0165. The molecule has 42 heteroatoms. The molecular weight excluding hydrogens is 2310 g/mol. The van der Waals surface area contributed by atoms with Gasteiger partial charge in [0.05, 0.1) is 61.2 Å². The zero-order chi connectivity index (χ0) is 108. The zero-order valence-electron chi connectivity index (χ0n) is 82.2. The van der Waals surface area contributed by atoms with Crippen LogP contribution in [0.15, 0.2) is 280 Å². The van der Waals surface area contributed by atoms with E-state index in [0.29, 0.717) is 60.7 Å². The molecule has 4 amide bonds. The van der Waals surface area contributed by atoms with Crippen LogP contribution in [-0.4, -0.2) is 183 Å². The number of aromatic nitrogens is 13. The summed E-state index contributed by atoms with van der Waals surface area (Å²) < 4.78 is 43.5. The molecular formula is C103H107BBr5Cl3N18O14Se. The van der Waals surface area contributed by atoms with Crippen LogP contribution < -0.4 is 32.5 Å². The van der Waals surface area contributed by atoms with Gasteiger partial charge in [0.15, 0.2) is 12.1 Å². The van der Waals surface area contributed by atoms with Crippen molar-refractivity contribution in [2.45, 2.75) is 126 Å². The first-order chi connectivity index (χ1) is 68.4. The minimum absolute atomic E-state index is 0.0185. The molecule has 1 fully saturated rings. The topological polar surface area (TPSA) is 452 Å². The normalized spacial score (nSPS) is 11.4. The number of hydrogen-bond acceptors (Lipinski definition) is 27. The van der Waals surface area contributed by atoms with E-state index in [1.54, 1.807) is 115 Å². The number of carbonyl (C=O) groups excluding carboxylic acids is 6. The molecule has 15 aromatic rings. The van der Waals surface area contributed by atoms with E-state index in [2.05, 4.69) is 198 Å². The first-order valence-corrected chi connectivity index (χ1v) is 49.9. The number of carboxylic acid groups (broad SMARTS) is 1. The van der Waals surface area contributed by atoms with Gasteiger partial charge in [-0.2, -0.15) is 0 Å². The molecule has 0 bridgehead atoms. The van der Waals surface area contributed by atoms with Gasteiger partial charge in [-0.25, -0.2) is 54.3 Å². The molecule has 0 radical (unpaired) electrons. The van der Waals surface area contributed by atoms with Crippen molar-refractivity contribution < 1.29 is 65.1 Å². The number of carboxylic acids is 1. The molecule has 7 N–H and O–H groups in total. The fourth-order valence-corrected chi connectivity index (χ4v) is 14.2. The van der Waals surface area contributed by atoms with Crippen LogP contribution in [0, 0.1) is 20.8 Å². The Morgan fingerprint density at radius 3 is 1.24 bits per heavy atom. The SMILES string of the molecule is C=C(C)CNC(=O)OC(C)(C)C.C=C(CNC(=O)OC(C)(C)C)c1cccc2c(C(=O)NC)ccnc12.C=CC(C)=O.CNC(=O)c1ccnc2c(Br)cccc12.Cc1ccnc2c(Br)cccc12.Cc1ncc(-c2cc(Cl)ncn2)cn1.Cc1ncc(B2OC(C)(C)C(C)(C)O2)cn1.Clc1cc(Cl)ncn1.Nc1ccccc1Br.O=C(O)c1ccnc2c(Br)cccc12.O=Cc1ccnc2c(Br)cccc12.O=[Se]=O. The van der Waals surface area contributed by atoms with E-state index in [9.17, 15) is 33.6 Å². The number of anilines is 1. The van der Waals surface area contributed by atoms with Gasteiger partial charge < -0.3 is 50.9 Å². The third-order valence-electron chi connectivity index (χ3n) is 19.2. The molecule has 0 saturated carbocycles. The van der Waals surface area contributed by atoms with Crippen LogP contribution in [-0.2, 0) is 31.2 Å². The number of nitrogens with zero attached hydrogens (tertiary/aromatic N) is 13. The van der Waals surface area contributed by atoms with Crippen LogP contribution in [0.4, 0.5) is 15.3 Å². The van der Waals surface area contributed by atoms with Gasteiger partial charge in [0.1, 0.15) is 51.0 Å². The number of nitrogens with two attached hydrogens (primary N) is 1. The number of fused-ring (bicyclic) bond motifs is 5. The summed E-state index contributed by atoms with van der Waals surface area (Å²) in [6, 6.07) is 47.8. The number of allylic oxidation sites excluding steroid dienone is 1. The van der Waals surface area contributed by atoms with Crippen LogP contribution >= 0.6 is 114 Å². The zero-order valence-corrected chi connectivity index (χ0v) is 94.1. The molecule has 0 unspecified atom stereocenters. The van der Waals surface area contributed by atoms with Gasteiger partial charge in [-0.15, -0.1) is 0 Å². The van der Waals surface area contributed by atoms with E-state index in [1.165, 1.54) is 54.9 Å². The second-order valence-electron chi connectivity index (χ2n) is 33.2. The minimum atomic E-state index is -1.62. The van der Waals surface area contributed by atoms with Crippen LogP contribution in [0.3, 0.4) is 0 Å². The number of aromatic carboxylic acids is 1. The van der Waals surface area contributed by atoms with Crippen molar-refractivity contribution in [2.75, 3.05) is 32.9 Å². The van der Waals surface area contributed by atoms with Crippen molar-refractivity contribution in [3.05, 3.63) is 340 Å². The fourth-order valence-electron chi connectivity index (χ4n) is 11.6. The van der Waals surface area contributed by atoms with Gasteiger partial charge in [0.25, 0.3) is 11.8 Å². The number of aldehydes is 1. The number of benzene rings is 6. The first kappa shape index (κ1) is 123. The Kier molecular flexibility index (Phi) is 51.7. The van der Waals surface area contributed by atoms with Gasteiger partial charge >= 0.3 is 47.8 Å². The Bertz CT molecular complexity index is 6950. The summed E-state index contributed by atoms with van der Waals surface area (Å²) in [6.45, 7) is 39.7. The monoisotopic (exact) mass is 2410 g/mol. The van der Waals surface area contributed by atoms with Crippen molar-refractivity contribution in [1.29, 1.82) is 0 Å². The maximum atomic E-state index is 12.0. The molecule has 1 saturated heterocycles. The average Bonchev–Trinajstić information content (AvgIpc) is 1.62. The summed E-state index contributed by atoms with van der Waals surface area (Å²) in [5.41, 5.74) is 16.8. The van der Waals surface area contributed by atoms with E-state index in [4.69, 9.17) is 72.1 Å². The molecule has 9 aromatic heterocycles. The van der Waals surface area contributed by atoms with Crippen molar-refractivity contribution in [3.63, 3.8) is 0 Å². The van der Waals surface area contributed by atoms with Gasteiger partial charge in [-0.05, 0) is 267 Å². The Balaban J connectivity index is 0.000000285. The van der Waals surface area contributed by atoms with Gasteiger partial charge in [-0.1, -0.05) is 139 Å². The molecule has 0 spiro atoms. The predicted molar refractivity (Wildman–Crippen MR) is 590 cm³/mol. The number of alkyl carbamates (subject to hydrolysis) is 2. The number of amides is 4. The van der Waals surface area contributed by atoms with Crippen molar-refractivity contribution in [2.24, 2.45) is 0 Å². The number of aryl methyl sites for hydroxylation is 3. The van der Waals surface area contributed by atoms with Crippen LogP contribution in [0.1, 0.15) is 147 Å². The number of nitrogens with one attached hydrogen (secondary N) is 4. The number of ether oxygens (including phenoxy) is 2. The number of rotatable bonds is 12. The Morgan fingerprint density at radius 2 is 0.848 bits per heavy atom. The van der Waals surface area contributed by atoms with Crippen LogP contribution in [0.25, 0.3) is 71.3 Å². The van der Waals surface area contributed by atoms with E-state index in [1.807, 2.05) is 179 Å². The molecule has 0 atom stereocenters. The second kappa shape index (κ2) is 61.0. The molecule has 16 rings (SSSR count). The van der Waals surface area contributed by atoms with E-state index < -0.39 is 44.2 Å². The van der Waals surface area contributed by atoms with Gasteiger partial charge in [0.2, 0.25) is 0 Å². The molecule has 10 heterocycles. The molecule has 1 aliphatic heterocycles. The van der Waals surface area contributed by atoms with Gasteiger partial charge in [0, 0.05) is 172 Å². The molecule has 0 aliphatic carbocycles. The first-order valence-electron chi connectivity index (χ1n) is 43.4. The molecule has 6 aromatic carbocycles. The summed E-state index contributed by atoms with van der Waals surface area (Å²) >= 11 is 31.8. The Morgan fingerprint density at radius 1 is 0.483 bits per heavy atom. The summed E-state index contributed by atoms with van der Waals surface area (Å²) in [7, 11) is 2.83. The van der Waals surface area contributed by atoms with E-state index >= 15 is 0 Å². The number of carbonyl (C=O) groups is 7. The Hall–Kier alpha value is -12.6. The van der Waals surface area contributed by atoms with E-state index in [0.717, 1.165) is 107 Å². The van der Waals surface area contributed by atoms with Crippen LogP contribution in [0.5, 0.6) is 0 Å². The molecule has 1 aliphatic rings. The summed E-state index contributed by atoms with van der Waals surface area (Å²) in [6.07, 6.45) is 19.1. The Labute approximate surface area is 903 Å². The standard InChI is InChI=1S/C19H23N3O3.C11H17BN2O2.C11H9BrN2O.C10H6BrNO2.C10H6BrNO.C10H8BrN.C9H7ClN4.C9H17NO2.C6H6BrN.C4H2Cl2N2.C4H6O.O2Se/c1-12(11-22-18(24)25-19(2,3)4)13-7-6-8-14-15(17(23)20-5)9-10-21-16(13)14;1-8-13-6-9(7-14-8)12-15-10(2,3)11(4,5)16-12;1-13-11(15)8-5-6-14-10-7(8)3-2-4-9(10)12;11-8-3-1-2-6-7(10(13)14)4-5-12-9(6)8;11-9-3-1-2-8-7(6-13)4-5-12-10(8)9;1-7-5-6-12-10-8(7)3-2-4-9(10)11;1-6-11-3-7(4-12-6)8-2-9(10)14-5-13-8;1-7(2)6-10-8(11)12-9(3,4)5;7-5-3-1-2-4-6(5)8;5-3-1-4(6)8-2-7-3;1-3-4(2)5;1-3-2/h6-10H,1,11H2,2-5H3,(H,20,23)(H,22,24);6-7H,1-5H3;2-6H,1H3,(H,13,15);1-5H,(H,13,14);1-6H;2-6H,1H3;2-5H,1H3;1,6H2,2-5H3,(H,10,11);1-4H,8H2;1-2H;3H,1H2,2H3;. The fraction of sp³-hybridized carbons (Fsp3) is 0.223. The summed E-state index contributed by atoms with van der Waals surface area (Å²) in [4.78, 5) is 130.